The van der Waals surface area contributed by atoms with Gasteiger partial charge < -0.3 is 55.3 Å². The Morgan fingerprint density at radius 1 is 0.636 bits per heavy atom. The predicted octanol–water partition coefficient (Wildman–Crippen LogP) is 8.65. The summed E-state index contributed by atoms with van der Waals surface area (Å²) in [7, 11) is 0. The maximum atomic E-state index is 13.9. The number of benzene rings is 3. The number of imidazole rings is 1. The van der Waals surface area contributed by atoms with Gasteiger partial charge in [-0.05, 0) is 121 Å². The Morgan fingerprint density at radius 3 is 1.86 bits per heavy atom. The molecule has 3 heterocycles. The largest absolute Gasteiger partial charge is 0.461 e. The Morgan fingerprint density at radius 2 is 1.25 bits per heavy atom. The summed E-state index contributed by atoms with van der Waals surface area (Å²) in [5.41, 5.74) is 8.74. The number of nitrogens with one attached hydrogen (secondary N) is 4. The zero-order valence-electron chi connectivity index (χ0n) is 59.1. The number of hydrogen-bond donors (Lipinski definition) is 5. The van der Waals surface area contributed by atoms with E-state index in [1.165, 1.54) is 12.2 Å². The highest BCUT2D eigenvalue weighted by Gasteiger charge is 2.33. The molecule has 536 valence electrons. The van der Waals surface area contributed by atoms with Crippen molar-refractivity contribution in [2.24, 2.45) is 23.5 Å². The number of urea groups is 1. The van der Waals surface area contributed by atoms with Crippen LogP contribution >= 0.6 is 0 Å². The van der Waals surface area contributed by atoms with Crippen molar-refractivity contribution < 1.29 is 76.4 Å². The molecule has 99 heavy (non-hydrogen) atoms. The standard InChI is InChI=1S/C74H99N9O16/c1-12-95-44-61-80-67-58(41-65(90)97-43-52-29-25-49(26-30-52)38-59(85)48(6)77-70(92)66(47(4)5)81-72(94)99-73(7,8)9)78-56-22-16-15-21-54(56)68(67)83(61)45-74(10,11)98-37-19-24-64(89)96-42-51-31-27-50(28-32-51)39-60(86)57(23-18-35-76-71(75)93)79-69(91)55(46(2)3)40-53(84)20-14-13-17-36-82-62(87)33-34-63(82)88/h15-16,21-22,25-34,46-48,55,57,66H,12-14,17-20,23-24,35-45H2,1-11H3,(H,77,92)(H,79,91)(H,81,94)(H3,75,76,93)/t48-,55-,57-,66-/m0/s1. The van der Waals surface area contributed by atoms with Gasteiger partial charge in [-0.15, -0.1) is 0 Å². The maximum absolute atomic E-state index is 13.9. The molecular weight excluding hydrogens is 1270 g/mol. The molecule has 0 bridgehead atoms. The predicted molar refractivity (Wildman–Crippen MR) is 370 cm³/mol. The lowest BCUT2D eigenvalue weighted by Gasteiger charge is -2.27. The third-order valence-corrected chi connectivity index (χ3v) is 16.6. The number of alkyl carbamates (subject to hydrolysis) is 1. The van der Waals surface area contributed by atoms with Crippen molar-refractivity contribution in [3.05, 3.63) is 119 Å². The van der Waals surface area contributed by atoms with Gasteiger partial charge in [0.2, 0.25) is 11.8 Å². The van der Waals surface area contributed by atoms with Crippen LogP contribution in [-0.4, -0.2) is 140 Å². The lowest BCUT2D eigenvalue weighted by atomic mass is 9.88. The molecule has 0 fully saturated rings. The third-order valence-electron chi connectivity index (χ3n) is 16.6. The van der Waals surface area contributed by atoms with Gasteiger partial charge in [0.25, 0.3) is 11.8 Å². The van der Waals surface area contributed by atoms with Crippen molar-refractivity contribution in [1.82, 2.24) is 40.7 Å². The van der Waals surface area contributed by atoms with Crippen molar-refractivity contribution in [3.63, 3.8) is 0 Å². The fourth-order valence-electron chi connectivity index (χ4n) is 11.2. The lowest BCUT2D eigenvalue weighted by molar-refractivity contribution is -0.146. The highest BCUT2D eigenvalue weighted by molar-refractivity contribution is 6.13. The number of esters is 2. The van der Waals surface area contributed by atoms with E-state index in [0.717, 1.165) is 15.8 Å². The number of imide groups is 1. The summed E-state index contributed by atoms with van der Waals surface area (Å²) in [6.07, 6.45) is 4.44. The van der Waals surface area contributed by atoms with Gasteiger partial charge in [-0.25, -0.2) is 19.6 Å². The number of ketones is 3. The number of nitrogens with two attached hydrogens (primary N) is 1. The van der Waals surface area contributed by atoms with E-state index in [2.05, 4.69) is 21.3 Å². The van der Waals surface area contributed by atoms with Gasteiger partial charge in [0.05, 0.1) is 47.4 Å². The molecule has 0 aliphatic carbocycles. The molecular formula is C74H99N9O16. The zero-order chi connectivity index (χ0) is 72.6. The van der Waals surface area contributed by atoms with E-state index in [0.29, 0.717) is 90.1 Å². The second-order valence-electron chi connectivity index (χ2n) is 27.3. The molecule has 25 nitrogen and oxygen atoms in total. The van der Waals surface area contributed by atoms with Crippen LogP contribution in [0.25, 0.3) is 21.9 Å². The van der Waals surface area contributed by atoms with Gasteiger partial charge in [-0.3, -0.25) is 48.1 Å². The highest BCUT2D eigenvalue weighted by Crippen LogP contribution is 2.31. The Kier molecular flexibility index (Phi) is 30.0. The summed E-state index contributed by atoms with van der Waals surface area (Å²) in [6, 6.07) is 18.3. The minimum atomic E-state index is -0.922. The van der Waals surface area contributed by atoms with Gasteiger partial charge >= 0.3 is 24.1 Å². The molecule has 1 aliphatic heterocycles. The number of para-hydroxylation sites is 1. The van der Waals surface area contributed by atoms with Crippen molar-refractivity contribution in [1.29, 1.82) is 0 Å². The third kappa shape index (κ3) is 25.5. The number of rotatable bonds is 41. The number of carbonyl (C=O) groups excluding carboxylic acids is 11. The summed E-state index contributed by atoms with van der Waals surface area (Å²) in [6.45, 7) is 21.3. The van der Waals surface area contributed by atoms with Crippen LogP contribution in [0, 0.1) is 17.8 Å². The average molecular weight is 1370 g/mol. The van der Waals surface area contributed by atoms with Crippen molar-refractivity contribution >= 4 is 87.0 Å². The number of Topliss-reactive ketones (excluding diaryl/α,β-unsaturated/α-hetero) is 3. The van der Waals surface area contributed by atoms with Crippen LogP contribution in [0.4, 0.5) is 9.59 Å². The molecule has 0 saturated heterocycles. The first-order valence-corrected chi connectivity index (χ1v) is 34.1. The van der Waals surface area contributed by atoms with Crippen LogP contribution < -0.4 is 27.0 Å². The number of pyridine rings is 1. The minimum absolute atomic E-state index is 0.0125. The molecule has 0 saturated carbocycles. The summed E-state index contributed by atoms with van der Waals surface area (Å²) >= 11 is 0. The van der Waals surface area contributed by atoms with E-state index in [9.17, 15) is 52.7 Å². The monoisotopic (exact) mass is 1370 g/mol. The molecule has 0 unspecified atom stereocenters. The SMILES string of the molecule is CCOCc1nc2c(CC(=O)OCc3ccc(CC(=O)[C@H](C)NC(=O)[C@@H](NC(=O)OC(C)(C)C)C(C)C)cc3)nc3ccccc3c2n1CC(C)(C)OCCCC(=O)OCc1ccc(CC(=O)[C@H](CCCNC(N)=O)NC(=O)[C@@H](CC(=O)CCCCCN2C(=O)C=CC2=O)C(C)C)cc1. The number of nitrogens with zero attached hydrogens (tertiary/aromatic N) is 4. The quantitative estimate of drug-likeness (QED) is 0.0106. The number of fused-ring (bicyclic) bond motifs is 3. The average Bonchev–Trinajstić information content (AvgIpc) is 1.60. The fourth-order valence-corrected chi connectivity index (χ4v) is 11.2. The molecule has 0 spiro atoms. The molecule has 6 rings (SSSR count). The smallest absolute Gasteiger partial charge is 0.408 e. The number of ether oxygens (including phenoxy) is 5. The number of carbonyl (C=O) groups is 11. The fraction of sp³-hybridized carbons (Fsp3) is 0.527. The lowest BCUT2D eigenvalue weighted by Crippen LogP contribution is -2.53. The first kappa shape index (κ1) is 78.8. The molecule has 25 heteroatoms. The number of amides is 7. The second kappa shape index (κ2) is 37.7. The van der Waals surface area contributed by atoms with E-state index >= 15 is 0 Å². The Bertz CT molecular complexity index is 3670. The first-order chi connectivity index (χ1) is 46.9. The maximum Gasteiger partial charge on any atom is 0.408 e. The Hall–Kier alpha value is -9.23. The normalized spacial score (nSPS) is 13.7. The van der Waals surface area contributed by atoms with Gasteiger partial charge in [0.1, 0.15) is 48.6 Å². The van der Waals surface area contributed by atoms with Crippen LogP contribution in [0.1, 0.15) is 168 Å². The molecule has 0 radical (unpaired) electrons. The van der Waals surface area contributed by atoms with Crippen molar-refractivity contribution in [2.75, 3.05) is 26.3 Å². The van der Waals surface area contributed by atoms with Crippen molar-refractivity contribution in [3.8, 4) is 0 Å². The van der Waals surface area contributed by atoms with Crippen LogP contribution in [0.15, 0.2) is 84.9 Å². The second-order valence-corrected chi connectivity index (χ2v) is 27.3. The Labute approximate surface area is 579 Å². The molecule has 1 aliphatic rings. The highest BCUT2D eigenvalue weighted by atomic mass is 16.6. The molecule has 6 N–H and O–H groups in total. The first-order valence-electron chi connectivity index (χ1n) is 34.1. The topological polar surface area (TPSA) is 342 Å². The van der Waals surface area contributed by atoms with Gasteiger partial charge in [-0.2, -0.15) is 0 Å². The van der Waals surface area contributed by atoms with Crippen LogP contribution in [0.3, 0.4) is 0 Å². The molecule has 7 amide bonds. The molecule has 3 aromatic carbocycles. The number of aromatic nitrogens is 3. The van der Waals surface area contributed by atoms with E-state index in [1.807, 2.05) is 63.5 Å². The summed E-state index contributed by atoms with van der Waals surface area (Å²) in [5.74, 6) is -3.82. The summed E-state index contributed by atoms with van der Waals surface area (Å²) < 4.78 is 31.1. The molecule has 5 aromatic rings. The van der Waals surface area contributed by atoms with Crippen LogP contribution in [0.5, 0.6) is 0 Å². The van der Waals surface area contributed by atoms with Gasteiger partial charge in [0.15, 0.2) is 11.6 Å². The van der Waals surface area contributed by atoms with Gasteiger partial charge in [0, 0.05) is 81.9 Å². The number of primary amides is 1. The zero-order valence-corrected chi connectivity index (χ0v) is 59.1. The van der Waals surface area contributed by atoms with Crippen LogP contribution in [0.2, 0.25) is 0 Å². The number of unbranched alkanes of at least 4 members (excludes halogenated alkanes) is 2. The van der Waals surface area contributed by atoms with E-state index in [-0.39, 0.29) is 125 Å². The van der Waals surface area contributed by atoms with E-state index in [4.69, 9.17) is 39.4 Å². The van der Waals surface area contributed by atoms with E-state index < -0.39 is 71.1 Å². The van der Waals surface area contributed by atoms with Crippen LogP contribution in [-0.2, 0) is 112 Å². The minimum Gasteiger partial charge on any atom is -0.461 e. The summed E-state index contributed by atoms with van der Waals surface area (Å²) in [5, 5.41) is 11.5. The molecule has 2 aromatic heterocycles. The number of hydrogen-bond acceptors (Lipinski definition) is 18. The van der Waals surface area contributed by atoms with Crippen molar-refractivity contribution in [2.45, 2.75) is 209 Å². The van der Waals surface area contributed by atoms with Gasteiger partial charge in [-0.1, -0.05) is 101 Å². The van der Waals surface area contributed by atoms with E-state index in [1.54, 1.807) is 90.1 Å². The summed E-state index contributed by atoms with van der Waals surface area (Å²) in [4.78, 5) is 152. The molecule has 4 atom stereocenters. The Balaban J connectivity index is 0.982.